The molecule has 0 bridgehead atoms. The summed E-state index contributed by atoms with van der Waals surface area (Å²) in [5.74, 6) is -0.348. The summed E-state index contributed by atoms with van der Waals surface area (Å²) in [6, 6.07) is 0. The van der Waals surface area contributed by atoms with Crippen LogP contribution in [0.2, 0.25) is 0 Å². The Morgan fingerprint density at radius 3 is 1.61 bits per heavy atom. The molecule has 0 aromatic rings. The van der Waals surface area contributed by atoms with Crippen LogP contribution in [0.25, 0.3) is 0 Å². The molecular formula is C25H49N4O8P. The van der Waals surface area contributed by atoms with Gasteiger partial charge < -0.3 is 29.9 Å². The van der Waals surface area contributed by atoms with Crippen LogP contribution in [0.1, 0.15) is 25.7 Å². The Morgan fingerprint density at radius 2 is 1.16 bits per heavy atom. The summed E-state index contributed by atoms with van der Waals surface area (Å²) in [4.78, 5) is 26.4. The molecule has 0 aromatic heterocycles. The van der Waals surface area contributed by atoms with E-state index in [1.807, 2.05) is 14.1 Å². The number of nitrogens with one attached hydrogen (secondary N) is 2. The monoisotopic (exact) mass is 564 g/mol. The number of methoxy groups -OCH3 is 1. The third-order valence-electron chi connectivity index (χ3n) is 5.26. The van der Waals surface area contributed by atoms with Gasteiger partial charge in [-0.3, -0.25) is 23.2 Å². The van der Waals surface area contributed by atoms with Crippen LogP contribution in [0.15, 0.2) is 25.3 Å². The van der Waals surface area contributed by atoms with Gasteiger partial charge in [-0.2, -0.15) is 0 Å². The lowest BCUT2D eigenvalue weighted by Crippen LogP contribution is -2.27. The number of phosphoric ester groups is 1. The number of rotatable bonds is 27. The number of hydrogen-bond donors (Lipinski definition) is 2. The molecule has 38 heavy (non-hydrogen) atoms. The van der Waals surface area contributed by atoms with Crippen LogP contribution >= 0.6 is 7.82 Å². The first-order valence-electron chi connectivity index (χ1n) is 13.0. The van der Waals surface area contributed by atoms with E-state index in [0.717, 1.165) is 38.8 Å². The minimum absolute atomic E-state index is 0.0690. The maximum atomic E-state index is 13.2. The molecule has 0 heterocycles. The molecule has 0 aliphatic heterocycles. The standard InChI is InChI=1S/C25H49N4O8P/c1-6-24(30)26-12-8-10-14-28(3)16-18-35-38(32,37-23-22-34-21-20-33-5)36-19-17-29(4)15-11-9-13-27-25(31)7-2/h6-7H,1-2,8-23H2,3-5H3,(H,26,30)(H,27,31). The summed E-state index contributed by atoms with van der Waals surface area (Å²) in [6.45, 7) is 12.3. The second kappa shape index (κ2) is 24.4. The van der Waals surface area contributed by atoms with Crippen LogP contribution in [0.5, 0.6) is 0 Å². The van der Waals surface area contributed by atoms with Gasteiger partial charge in [0.1, 0.15) is 0 Å². The number of unbranched alkanes of at least 4 members (excludes halogenated alkanes) is 2. The van der Waals surface area contributed by atoms with Crippen molar-refractivity contribution >= 4 is 19.6 Å². The molecule has 0 rings (SSSR count). The molecule has 0 unspecified atom stereocenters. The number of carbonyl (C=O) groups excluding carboxylic acids is 2. The first-order valence-corrected chi connectivity index (χ1v) is 14.5. The summed E-state index contributed by atoms with van der Waals surface area (Å²) < 4.78 is 40.1. The van der Waals surface area contributed by atoms with E-state index in [1.165, 1.54) is 12.2 Å². The SMILES string of the molecule is C=CC(=O)NCCCCN(C)CCOP(=O)(OCCOCCOC)OCCN(C)CCCCNC(=O)C=C. The average molecular weight is 565 g/mol. The van der Waals surface area contributed by atoms with Crippen molar-refractivity contribution in [2.24, 2.45) is 0 Å². The van der Waals surface area contributed by atoms with Crippen molar-refractivity contribution in [3.63, 3.8) is 0 Å². The van der Waals surface area contributed by atoms with Crippen molar-refractivity contribution in [3.8, 4) is 0 Å². The van der Waals surface area contributed by atoms with E-state index in [1.54, 1.807) is 7.11 Å². The summed E-state index contributed by atoms with van der Waals surface area (Å²) in [5, 5.41) is 5.49. The number of ether oxygens (including phenoxy) is 2. The Balaban J connectivity index is 4.37. The fourth-order valence-corrected chi connectivity index (χ4v) is 4.12. The van der Waals surface area contributed by atoms with Crippen molar-refractivity contribution in [2.75, 3.05) is 100 Å². The van der Waals surface area contributed by atoms with Gasteiger partial charge in [-0.25, -0.2) is 4.57 Å². The minimum Gasteiger partial charge on any atom is -0.382 e. The van der Waals surface area contributed by atoms with Crippen LogP contribution < -0.4 is 10.6 Å². The molecule has 0 radical (unpaired) electrons. The van der Waals surface area contributed by atoms with E-state index in [2.05, 4.69) is 33.6 Å². The first kappa shape index (κ1) is 36.4. The highest BCUT2D eigenvalue weighted by molar-refractivity contribution is 7.48. The molecule has 13 heteroatoms. The largest absolute Gasteiger partial charge is 0.474 e. The van der Waals surface area contributed by atoms with Gasteiger partial charge in [0, 0.05) is 33.3 Å². The van der Waals surface area contributed by atoms with Gasteiger partial charge >= 0.3 is 7.82 Å². The lowest BCUT2D eigenvalue weighted by Gasteiger charge is -2.22. The Kier molecular flexibility index (Phi) is 23.4. The highest BCUT2D eigenvalue weighted by atomic mass is 31.2. The zero-order chi connectivity index (χ0) is 28.5. The van der Waals surface area contributed by atoms with Gasteiger partial charge in [-0.1, -0.05) is 13.2 Å². The second-order valence-corrected chi connectivity index (χ2v) is 10.2. The molecule has 0 fully saturated rings. The molecule has 0 saturated carbocycles. The van der Waals surface area contributed by atoms with Crippen LogP contribution in [0, 0.1) is 0 Å². The van der Waals surface area contributed by atoms with Crippen LogP contribution in [0.3, 0.4) is 0 Å². The predicted octanol–water partition coefficient (Wildman–Crippen LogP) is 1.84. The molecule has 12 nitrogen and oxygen atoms in total. The van der Waals surface area contributed by atoms with E-state index in [-0.39, 0.29) is 38.2 Å². The van der Waals surface area contributed by atoms with Gasteiger partial charge in [-0.15, -0.1) is 0 Å². The fraction of sp³-hybridized carbons (Fsp3) is 0.760. The van der Waals surface area contributed by atoms with E-state index in [9.17, 15) is 14.2 Å². The molecule has 0 saturated heterocycles. The molecule has 0 aromatic carbocycles. The topological polar surface area (TPSA) is 128 Å². The number of nitrogens with zero attached hydrogens (tertiary/aromatic N) is 2. The van der Waals surface area contributed by atoms with Crippen molar-refractivity contribution in [3.05, 3.63) is 25.3 Å². The van der Waals surface area contributed by atoms with Crippen LogP contribution in [0.4, 0.5) is 0 Å². The molecule has 2 amide bonds. The third-order valence-corrected chi connectivity index (χ3v) is 6.75. The zero-order valence-corrected chi connectivity index (χ0v) is 24.4. The Bertz CT molecular complexity index is 652. The fourth-order valence-electron chi connectivity index (χ4n) is 2.99. The Labute approximate surface area is 228 Å². The van der Waals surface area contributed by atoms with E-state index in [4.69, 9.17) is 23.0 Å². The number of likely N-dealkylation sites (N-methyl/N-ethyl adjacent to an activating group) is 2. The van der Waals surface area contributed by atoms with Crippen molar-refractivity contribution in [1.82, 2.24) is 20.4 Å². The first-order chi connectivity index (χ1) is 18.3. The number of carbonyl (C=O) groups is 2. The molecule has 0 atom stereocenters. The van der Waals surface area contributed by atoms with Crippen LogP contribution in [-0.2, 0) is 37.2 Å². The van der Waals surface area contributed by atoms with Crippen molar-refractivity contribution in [2.45, 2.75) is 25.7 Å². The summed E-state index contributed by atoms with van der Waals surface area (Å²) in [7, 11) is 1.71. The summed E-state index contributed by atoms with van der Waals surface area (Å²) >= 11 is 0. The highest BCUT2D eigenvalue weighted by Gasteiger charge is 2.27. The third kappa shape index (κ3) is 22.4. The normalized spacial score (nSPS) is 11.6. The van der Waals surface area contributed by atoms with E-state index >= 15 is 0 Å². The van der Waals surface area contributed by atoms with Crippen LogP contribution in [-0.4, -0.2) is 122 Å². The van der Waals surface area contributed by atoms with Gasteiger partial charge in [0.15, 0.2) is 0 Å². The number of hydrogen-bond acceptors (Lipinski definition) is 10. The lowest BCUT2D eigenvalue weighted by molar-refractivity contribution is -0.117. The molecule has 0 aliphatic carbocycles. The summed E-state index contributed by atoms with van der Waals surface area (Å²) in [6.07, 6.45) is 5.98. The predicted molar refractivity (Wildman–Crippen MR) is 148 cm³/mol. The lowest BCUT2D eigenvalue weighted by atomic mass is 10.3. The summed E-state index contributed by atoms with van der Waals surface area (Å²) in [5.41, 5.74) is 0. The Hall–Kier alpha value is -1.63. The molecule has 2 N–H and O–H groups in total. The smallest absolute Gasteiger partial charge is 0.382 e. The maximum absolute atomic E-state index is 13.2. The van der Waals surface area contributed by atoms with Gasteiger partial charge in [-0.05, 0) is 65.0 Å². The minimum atomic E-state index is -3.77. The van der Waals surface area contributed by atoms with Gasteiger partial charge in [0.25, 0.3) is 0 Å². The van der Waals surface area contributed by atoms with E-state index < -0.39 is 7.82 Å². The Morgan fingerprint density at radius 1 is 0.711 bits per heavy atom. The highest BCUT2D eigenvalue weighted by Crippen LogP contribution is 2.49. The zero-order valence-electron chi connectivity index (χ0n) is 23.5. The van der Waals surface area contributed by atoms with Gasteiger partial charge in [0.05, 0.1) is 39.6 Å². The molecule has 0 aliphatic rings. The molecule has 222 valence electrons. The number of phosphoric acid groups is 1. The molecular weight excluding hydrogens is 515 g/mol. The average Bonchev–Trinajstić information content (AvgIpc) is 2.89. The van der Waals surface area contributed by atoms with Crippen molar-refractivity contribution in [1.29, 1.82) is 0 Å². The molecule has 0 spiro atoms. The maximum Gasteiger partial charge on any atom is 0.474 e. The quantitative estimate of drug-likeness (QED) is 0.0867. The number of amides is 2. The van der Waals surface area contributed by atoms with E-state index in [0.29, 0.717) is 39.4 Å². The van der Waals surface area contributed by atoms with Crippen molar-refractivity contribution < 1.29 is 37.2 Å². The van der Waals surface area contributed by atoms with Gasteiger partial charge in [0.2, 0.25) is 11.8 Å². The second-order valence-electron chi connectivity index (χ2n) is 8.56.